The van der Waals surface area contributed by atoms with Crippen LogP contribution in [0.25, 0.3) is 0 Å². The van der Waals surface area contributed by atoms with Crippen LogP contribution in [0.1, 0.15) is 46.5 Å². The second-order valence-corrected chi connectivity index (χ2v) is 5.18. The zero-order valence-electron chi connectivity index (χ0n) is 12.0. The molecule has 2 heterocycles. The van der Waals surface area contributed by atoms with Gasteiger partial charge in [0.05, 0.1) is 0 Å². The van der Waals surface area contributed by atoms with Gasteiger partial charge in [-0.3, -0.25) is 4.79 Å². The van der Waals surface area contributed by atoms with E-state index in [2.05, 4.69) is 11.8 Å². The van der Waals surface area contributed by atoms with E-state index in [1.54, 1.807) is 0 Å². The van der Waals surface area contributed by atoms with Gasteiger partial charge in [-0.05, 0) is 44.3 Å². The first-order valence-electron chi connectivity index (χ1n) is 7.11. The highest BCUT2D eigenvalue weighted by molar-refractivity contribution is 5.77. The van der Waals surface area contributed by atoms with Crippen LogP contribution in [0, 0.1) is 5.41 Å². The minimum Gasteiger partial charge on any atom is -0.346 e. The minimum absolute atomic E-state index is 0.353. The van der Waals surface area contributed by atoms with E-state index in [0.29, 0.717) is 11.3 Å². The average molecular weight is 240 g/mol. The topological polar surface area (TPSA) is 23.6 Å². The lowest BCUT2D eigenvalue weighted by Gasteiger charge is -2.45. The molecule has 2 aliphatic rings. The van der Waals surface area contributed by atoms with Crippen molar-refractivity contribution < 1.29 is 4.79 Å². The first-order chi connectivity index (χ1) is 8.15. The Bertz CT molecular complexity index is 245. The Morgan fingerprint density at radius 1 is 1.12 bits per heavy atom. The van der Waals surface area contributed by atoms with Gasteiger partial charge >= 0.3 is 0 Å². The highest BCUT2D eigenvalue weighted by Crippen LogP contribution is 2.41. The zero-order chi connectivity index (χ0) is 12.9. The van der Waals surface area contributed by atoms with Gasteiger partial charge in [-0.2, -0.15) is 0 Å². The minimum atomic E-state index is 0.353. The van der Waals surface area contributed by atoms with Crippen molar-refractivity contribution in [3.8, 4) is 0 Å². The van der Waals surface area contributed by atoms with Crippen LogP contribution >= 0.6 is 0 Å². The summed E-state index contributed by atoms with van der Waals surface area (Å²) in [6.45, 7) is 10.7. The molecule has 0 aliphatic carbocycles. The van der Waals surface area contributed by atoms with Gasteiger partial charge in [-0.15, -0.1) is 0 Å². The van der Waals surface area contributed by atoms with Crippen LogP contribution in [0.4, 0.5) is 0 Å². The maximum atomic E-state index is 11.7. The van der Waals surface area contributed by atoms with E-state index in [-0.39, 0.29) is 0 Å². The predicted octanol–water partition coefficient (Wildman–Crippen LogP) is 2.37. The number of rotatable bonds is 1. The normalized spacial score (nSPS) is 24.5. The molecule has 0 aromatic carbocycles. The van der Waals surface area contributed by atoms with Crippen molar-refractivity contribution in [1.82, 2.24) is 9.80 Å². The van der Waals surface area contributed by atoms with E-state index in [9.17, 15) is 4.79 Å². The molecule has 1 amide bonds. The van der Waals surface area contributed by atoms with Gasteiger partial charge in [-0.1, -0.05) is 20.8 Å². The fraction of sp³-hybridized carbons (Fsp3) is 0.929. The monoisotopic (exact) mass is 240 g/mol. The summed E-state index contributed by atoms with van der Waals surface area (Å²) in [5.41, 5.74) is 0.356. The Labute approximate surface area is 106 Å². The lowest BCUT2D eigenvalue weighted by molar-refractivity contribution is -0.138. The molecule has 100 valence electrons. The van der Waals surface area contributed by atoms with E-state index in [1.807, 2.05) is 25.8 Å². The molecule has 2 saturated heterocycles. The third-order valence-electron chi connectivity index (χ3n) is 4.29. The number of carbonyl (C=O) groups is 1. The lowest BCUT2D eigenvalue weighted by atomic mass is 9.71. The Hall–Kier alpha value is -0.570. The fourth-order valence-corrected chi connectivity index (χ4v) is 2.84. The first-order valence-corrected chi connectivity index (χ1v) is 7.11. The molecular weight excluding hydrogens is 212 g/mol. The van der Waals surface area contributed by atoms with Gasteiger partial charge in [0.1, 0.15) is 0 Å². The summed E-state index contributed by atoms with van der Waals surface area (Å²) in [5.74, 6) is 0.353. The smallest absolute Gasteiger partial charge is 0.222 e. The van der Waals surface area contributed by atoms with Gasteiger partial charge in [-0.25, -0.2) is 0 Å². The lowest BCUT2D eigenvalue weighted by Crippen LogP contribution is -2.47. The number of hydrogen-bond donors (Lipinski definition) is 0. The quantitative estimate of drug-likeness (QED) is 0.702. The molecule has 0 aromatic heterocycles. The molecular formula is C14H28N2O. The second kappa shape index (κ2) is 6.39. The summed E-state index contributed by atoms with van der Waals surface area (Å²) in [5, 5.41) is 0. The van der Waals surface area contributed by atoms with Crippen LogP contribution in [-0.2, 0) is 4.79 Å². The maximum absolute atomic E-state index is 11.7. The Balaban J connectivity index is 0.000000686. The van der Waals surface area contributed by atoms with Crippen molar-refractivity contribution in [1.29, 1.82) is 0 Å². The van der Waals surface area contributed by atoms with Crippen molar-refractivity contribution in [3.63, 3.8) is 0 Å². The molecule has 0 N–H and O–H groups in total. The molecule has 1 spiro atoms. The van der Waals surface area contributed by atoms with E-state index in [4.69, 9.17) is 0 Å². The van der Waals surface area contributed by atoms with Gasteiger partial charge in [0.2, 0.25) is 5.91 Å². The molecule has 0 bridgehead atoms. The summed E-state index contributed by atoms with van der Waals surface area (Å²) >= 11 is 0. The molecule has 0 saturated carbocycles. The summed E-state index contributed by atoms with van der Waals surface area (Å²) in [6, 6.07) is 0. The Morgan fingerprint density at radius 3 is 2.12 bits per heavy atom. The molecule has 3 nitrogen and oxygen atoms in total. The van der Waals surface area contributed by atoms with Crippen molar-refractivity contribution in [2.75, 3.05) is 33.2 Å². The SMILES string of the molecule is CC.CCN1CCC2(CC1)CCN(C)C(=O)C2. The van der Waals surface area contributed by atoms with E-state index >= 15 is 0 Å². The Kier molecular flexibility index (Phi) is 5.44. The van der Waals surface area contributed by atoms with Gasteiger partial charge in [0.15, 0.2) is 0 Å². The zero-order valence-corrected chi connectivity index (χ0v) is 12.0. The van der Waals surface area contributed by atoms with Crippen molar-refractivity contribution >= 4 is 5.91 Å². The predicted molar refractivity (Wildman–Crippen MR) is 72.0 cm³/mol. The maximum Gasteiger partial charge on any atom is 0.222 e. The van der Waals surface area contributed by atoms with Crippen LogP contribution in [0.15, 0.2) is 0 Å². The molecule has 2 fully saturated rings. The summed E-state index contributed by atoms with van der Waals surface area (Å²) in [6.07, 6.45) is 4.45. The molecule has 0 unspecified atom stereocenters. The van der Waals surface area contributed by atoms with E-state index < -0.39 is 0 Å². The molecule has 0 aromatic rings. The number of amides is 1. The number of piperidine rings is 2. The molecule has 17 heavy (non-hydrogen) atoms. The molecule has 0 radical (unpaired) electrons. The standard InChI is InChI=1S/C12H22N2O.C2H6/c1-3-14-8-5-12(6-9-14)4-7-13(2)11(15)10-12;1-2/h3-10H2,1-2H3;1-2H3. The van der Waals surface area contributed by atoms with Gasteiger partial charge in [0.25, 0.3) is 0 Å². The van der Waals surface area contributed by atoms with Crippen molar-refractivity contribution in [2.45, 2.75) is 46.5 Å². The number of carbonyl (C=O) groups excluding carboxylic acids is 1. The number of nitrogens with zero attached hydrogens (tertiary/aromatic N) is 2. The fourth-order valence-electron chi connectivity index (χ4n) is 2.84. The van der Waals surface area contributed by atoms with Crippen molar-refractivity contribution in [2.24, 2.45) is 5.41 Å². The highest BCUT2D eigenvalue weighted by Gasteiger charge is 2.39. The largest absolute Gasteiger partial charge is 0.346 e. The van der Waals surface area contributed by atoms with Crippen LogP contribution < -0.4 is 0 Å². The first kappa shape index (κ1) is 14.5. The average Bonchev–Trinajstić information content (AvgIpc) is 2.38. The molecule has 0 atom stereocenters. The molecule has 3 heteroatoms. The molecule has 2 rings (SSSR count). The van der Waals surface area contributed by atoms with Crippen LogP contribution in [-0.4, -0.2) is 48.9 Å². The molecule has 2 aliphatic heterocycles. The van der Waals surface area contributed by atoms with Crippen LogP contribution in [0.3, 0.4) is 0 Å². The van der Waals surface area contributed by atoms with Crippen LogP contribution in [0.2, 0.25) is 0 Å². The van der Waals surface area contributed by atoms with Gasteiger partial charge in [0, 0.05) is 20.0 Å². The Morgan fingerprint density at radius 2 is 1.65 bits per heavy atom. The second-order valence-electron chi connectivity index (χ2n) is 5.18. The number of hydrogen-bond acceptors (Lipinski definition) is 2. The summed E-state index contributed by atoms with van der Waals surface area (Å²) in [7, 11) is 1.93. The van der Waals surface area contributed by atoms with Crippen molar-refractivity contribution in [3.05, 3.63) is 0 Å². The summed E-state index contributed by atoms with van der Waals surface area (Å²) < 4.78 is 0. The number of likely N-dealkylation sites (tertiary alicyclic amines) is 2. The summed E-state index contributed by atoms with van der Waals surface area (Å²) in [4.78, 5) is 16.1. The van der Waals surface area contributed by atoms with Crippen LogP contribution in [0.5, 0.6) is 0 Å². The highest BCUT2D eigenvalue weighted by atomic mass is 16.2. The van der Waals surface area contributed by atoms with E-state index in [1.165, 1.54) is 32.4 Å². The third kappa shape index (κ3) is 3.44. The third-order valence-corrected chi connectivity index (χ3v) is 4.29. The van der Waals surface area contributed by atoms with E-state index in [0.717, 1.165) is 19.5 Å². The van der Waals surface area contributed by atoms with Gasteiger partial charge < -0.3 is 9.80 Å².